The van der Waals surface area contributed by atoms with E-state index in [1.807, 2.05) is 0 Å². The van der Waals surface area contributed by atoms with Crippen LogP contribution in [0.15, 0.2) is 0 Å². The second-order valence-electron chi connectivity index (χ2n) is 2.74. The Bertz CT molecular complexity index is 95.0. The molecule has 0 aliphatic carbocycles. The predicted octanol–water partition coefficient (Wildman–Crippen LogP) is 0.255. The molecule has 60 valence electrons. The summed E-state index contributed by atoms with van der Waals surface area (Å²) in [5.41, 5.74) is 0. The van der Waals surface area contributed by atoms with Gasteiger partial charge in [0.15, 0.2) is 6.29 Å². The molecule has 0 unspecified atom stereocenters. The molecule has 1 rings (SSSR count). The van der Waals surface area contributed by atoms with Crippen molar-refractivity contribution < 1.29 is 14.9 Å². The van der Waals surface area contributed by atoms with Gasteiger partial charge in [-0.2, -0.15) is 0 Å². The van der Waals surface area contributed by atoms with Crippen LogP contribution in [0.25, 0.3) is 0 Å². The van der Waals surface area contributed by atoms with E-state index in [9.17, 15) is 0 Å². The molecule has 0 radical (unpaired) electrons. The minimum atomic E-state index is -0.948. The maximum Gasteiger partial charge on any atom is 0.181 e. The molecule has 0 aromatic carbocycles. The van der Waals surface area contributed by atoms with Crippen LogP contribution < -0.4 is 0 Å². The fraction of sp³-hybridized carbons (Fsp3) is 1.00. The Hall–Kier alpha value is -0.120. The number of hydrogen-bond donors (Lipinski definition) is 2. The van der Waals surface area contributed by atoms with E-state index in [0.717, 1.165) is 12.8 Å². The van der Waals surface area contributed by atoms with Gasteiger partial charge < -0.3 is 14.9 Å². The van der Waals surface area contributed by atoms with Gasteiger partial charge in [-0.15, -0.1) is 0 Å². The van der Waals surface area contributed by atoms with Crippen LogP contribution >= 0.6 is 0 Å². The summed E-state index contributed by atoms with van der Waals surface area (Å²) in [7, 11) is 0. The van der Waals surface area contributed by atoms with Crippen molar-refractivity contribution in [3.05, 3.63) is 0 Å². The third-order valence-electron chi connectivity index (χ3n) is 1.78. The largest absolute Gasteiger partial charge is 0.388 e. The fourth-order valence-electron chi connectivity index (χ4n) is 1.24. The van der Waals surface area contributed by atoms with Gasteiger partial charge in [-0.1, -0.05) is 13.3 Å². The highest BCUT2D eigenvalue weighted by Crippen LogP contribution is 2.21. The van der Waals surface area contributed by atoms with Crippen molar-refractivity contribution in [1.82, 2.24) is 0 Å². The SMILES string of the molecule is CCC[C@@H]1C[C@@H](O)[C@@H](O)O1. The Morgan fingerprint density at radius 3 is 2.60 bits per heavy atom. The molecule has 1 saturated heterocycles. The molecule has 0 aromatic rings. The highest BCUT2D eigenvalue weighted by Gasteiger charge is 2.31. The summed E-state index contributed by atoms with van der Waals surface area (Å²) in [5.74, 6) is 0. The molecule has 3 heteroatoms. The van der Waals surface area contributed by atoms with Crippen LogP contribution in [-0.4, -0.2) is 28.7 Å². The normalized spacial score (nSPS) is 40.5. The van der Waals surface area contributed by atoms with Gasteiger partial charge in [-0.3, -0.25) is 0 Å². The topological polar surface area (TPSA) is 49.7 Å². The maximum absolute atomic E-state index is 9.02. The molecule has 1 fully saturated rings. The molecule has 0 amide bonds. The van der Waals surface area contributed by atoms with Crippen LogP contribution in [0.2, 0.25) is 0 Å². The van der Waals surface area contributed by atoms with Gasteiger partial charge in [0.25, 0.3) is 0 Å². The molecule has 10 heavy (non-hydrogen) atoms. The summed E-state index contributed by atoms with van der Waals surface area (Å²) in [6, 6.07) is 0. The number of ether oxygens (including phenoxy) is 1. The molecule has 1 aliphatic heterocycles. The Morgan fingerprint density at radius 2 is 2.20 bits per heavy atom. The summed E-state index contributed by atoms with van der Waals surface area (Å²) in [5, 5.41) is 17.9. The van der Waals surface area contributed by atoms with Crippen LogP contribution in [0.1, 0.15) is 26.2 Å². The fourth-order valence-corrected chi connectivity index (χ4v) is 1.24. The van der Waals surface area contributed by atoms with Gasteiger partial charge in [0, 0.05) is 6.42 Å². The van der Waals surface area contributed by atoms with E-state index < -0.39 is 12.4 Å². The van der Waals surface area contributed by atoms with E-state index >= 15 is 0 Å². The van der Waals surface area contributed by atoms with Crippen molar-refractivity contribution in [3.8, 4) is 0 Å². The molecule has 3 atom stereocenters. The van der Waals surface area contributed by atoms with Crippen molar-refractivity contribution in [2.75, 3.05) is 0 Å². The Kier molecular flexibility index (Phi) is 2.65. The molecule has 2 N–H and O–H groups in total. The van der Waals surface area contributed by atoms with Gasteiger partial charge in [0.1, 0.15) is 6.10 Å². The monoisotopic (exact) mass is 146 g/mol. The summed E-state index contributed by atoms with van der Waals surface area (Å²) in [4.78, 5) is 0. The first-order valence-corrected chi connectivity index (χ1v) is 3.75. The van der Waals surface area contributed by atoms with Gasteiger partial charge in [-0.25, -0.2) is 0 Å². The molecule has 0 spiro atoms. The number of rotatable bonds is 2. The van der Waals surface area contributed by atoms with Gasteiger partial charge >= 0.3 is 0 Å². The molecular weight excluding hydrogens is 132 g/mol. The van der Waals surface area contributed by atoms with Crippen molar-refractivity contribution in [2.24, 2.45) is 0 Å². The third-order valence-corrected chi connectivity index (χ3v) is 1.78. The van der Waals surface area contributed by atoms with E-state index in [2.05, 4.69) is 6.92 Å². The zero-order valence-electron chi connectivity index (χ0n) is 6.16. The maximum atomic E-state index is 9.02. The molecule has 0 aromatic heterocycles. The van der Waals surface area contributed by atoms with E-state index in [-0.39, 0.29) is 6.10 Å². The zero-order chi connectivity index (χ0) is 7.56. The first-order chi connectivity index (χ1) is 4.74. The average Bonchev–Trinajstić information content (AvgIpc) is 2.14. The third kappa shape index (κ3) is 1.68. The molecular formula is C7H14O3. The first kappa shape index (κ1) is 7.98. The first-order valence-electron chi connectivity index (χ1n) is 3.75. The molecule has 0 bridgehead atoms. The lowest BCUT2D eigenvalue weighted by atomic mass is 10.1. The van der Waals surface area contributed by atoms with Gasteiger partial charge in [0.2, 0.25) is 0 Å². The zero-order valence-corrected chi connectivity index (χ0v) is 6.16. The summed E-state index contributed by atoms with van der Waals surface area (Å²) in [6.07, 6.45) is 0.982. The minimum absolute atomic E-state index is 0.0648. The summed E-state index contributed by atoms with van der Waals surface area (Å²) in [6.45, 7) is 2.06. The molecule has 1 heterocycles. The van der Waals surface area contributed by atoms with Crippen LogP contribution in [0.3, 0.4) is 0 Å². The highest BCUT2D eigenvalue weighted by molar-refractivity contribution is 4.74. The molecule has 1 aliphatic rings. The van der Waals surface area contributed by atoms with E-state index in [0.29, 0.717) is 6.42 Å². The Balaban J connectivity index is 2.27. The Labute approximate surface area is 60.6 Å². The van der Waals surface area contributed by atoms with Crippen LogP contribution in [0.4, 0.5) is 0 Å². The van der Waals surface area contributed by atoms with E-state index in [1.165, 1.54) is 0 Å². The minimum Gasteiger partial charge on any atom is -0.388 e. The number of aliphatic hydroxyl groups is 2. The highest BCUT2D eigenvalue weighted by atomic mass is 16.6. The van der Waals surface area contributed by atoms with Crippen LogP contribution in [0.5, 0.6) is 0 Å². The van der Waals surface area contributed by atoms with Crippen LogP contribution in [-0.2, 0) is 4.74 Å². The van der Waals surface area contributed by atoms with Crippen molar-refractivity contribution in [1.29, 1.82) is 0 Å². The number of aliphatic hydroxyl groups excluding tert-OH is 2. The smallest absolute Gasteiger partial charge is 0.181 e. The second-order valence-corrected chi connectivity index (χ2v) is 2.74. The van der Waals surface area contributed by atoms with E-state index in [1.54, 1.807) is 0 Å². The second kappa shape index (κ2) is 3.32. The van der Waals surface area contributed by atoms with E-state index in [4.69, 9.17) is 14.9 Å². The number of hydrogen-bond acceptors (Lipinski definition) is 3. The summed E-state index contributed by atoms with van der Waals surface area (Å²) < 4.78 is 5.02. The predicted molar refractivity (Wildman–Crippen MR) is 36.4 cm³/mol. The van der Waals surface area contributed by atoms with Crippen molar-refractivity contribution in [3.63, 3.8) is 0 Å². The standard InChI is InChI=1S/C7H14O3/c1-2-3-5-4-6(8)7(9)10-5/h5-9H,2-4H2,1H3/t5-,6-,7+/m1/s1. The Morgan fingerprint density at radius 1 is 1.50 bits per heavy atom. The lowest BCUT2D eigenvalue weighted by Gasteiger charge is -2.06. The quantitative estimate of drug-likeness (QED) is 0.587. The average molecular weight is 146 g/mol. The molecule has 0 saturated carbocycles. The molecule has 3 nitrogen and oxygen atoms in total. The lowest BCUT2D eigenvalue weighted by molar-refractivity contribution is -0.127. The van der Waals surface area contributed by atoms with Gasteiger partial charge in [0.05, 0.1) is 6.10 Å². The lowest BCUT2D eigenvalue weighted by Crippen LogP contribution is -2.19. The van der Waals surface area contributed by atoms with Gasteiger partial charge in [-0.05, 0) is 6.42 Å². The van der Waals surface area contributed by atoms with Crippen LogP contribution in [0, 0.1) is 0 Å². The summed E-state index contributed by atoms with van der Waals surface area (Å²) >= 11 is 0. The van der Waals surface area contributed by atoms with Crippen molar-refractivity contribution >= 4 is 0 Å². The van der Waals surface area contributed by atoms with Crippen molar-refractivity contribution in [2.45, 2.75) is 44.7 Å².